The van der Waals surface area contributed by atoms with E-state index in [2.05, 4.69) is 10.6 Å². The molecule has 2 saturated heterocycles. The van der Waals surface area contributed by atoms with Gasteiger partial charge in [0, 0.05) is 48.6 Å². The molecule has 3 amide bonds. The number of carbonyl (C=O) groups excluding carboxylic acids is 3. The summed E-state index contributed by atoms with van der Waals surface area (Å²) in [5, 5.41) is 5.85. The Hall–Kier alpha value is -2.46. The molecule has 1 aromatic carbocycles. The van der Waals surface area contributed by atoms with Gasteiger partial charge in [0.25, 0.3) is 5.91 Å². The molecule has 3 fully saturated rings. The first-order chi connectivity index (χ1) is 17.3. The first-order valence-corrected chi connectivity index (χ1v) is 12.9. The number of ether oxygens (including phenoxy) is 1. The molecule has 5 rings (SSSR count). The van der Waals surface area contributed by atoms with Gasteiger partial charge in [0.1, 0.15) is 11.9 Å². The average Bonchev–Trinajstić information content (AvgIpc) is 3.19. The molecule has 0 unspecified atom stereocenters. The Balaban J connectivity index is 1.26. The molecule has 3 heterocycles. The first kappa shape index (κ1) is 25.2. The number of imide groups is 1. The molecule has 0 aromatic heterocycles. The minimum absolute atomic E-state index is 0.00102. The highest BCUT2D eigenvalue weighted by molar-refractivity contribution is 6.05. The molecule has 7 nitrogen and oxygen atoms in total. The summed E-state index contributed by atoms with van der Waals surface area (Å²) in [6.45, 7) is 0.565. The van der Waals surface area contributed by atoms with Gasteiger partial charge in [-0.05, 0) is 56.6 Å². The van der Waals surface area contributed by atoms with E-state index in [1.54, 1.807) is 12.1 Å². The smallest absolute Gasteiger partial charge is 0.255 e. The van der Waals surface area contributed by atoms with E-state index in [1.165, 1.54) is 4.90 Å². The van der Waals surface area contributed by atoms with Gasteiger partial charge < -0.3 is 15.0 Å². The molecule has 0 bridgehead atoms. The third-order valence-electron chi connectivity index (χ3n) is 8.17. The zero-order valence-electron chi connectivity index (χ0n) is 20.1. The van der Waals surface area contributed by atoms with Gasteiger partial charge in [0.15, 0.2) is 0 Å². The SMILES string of the molecule is O=C1CC[C@@H](N2Cc3c(ccc(C[C@H]4OCCC[C@@H]4NC4CCC(C(F)F)CC4)c3F)C2=O)C(=O)N1. The molecule has 1 saturated carbocycles. The van der Waals surface area contributed by atoms with Crippen molar-refractivity contribution in [2.24, 2.45) is 5.92 Å². The zero-order chi connectivity index (χ0) is 25.4. The monoisotopic (exact) mass is 507 g/mol. The Morgan fingerprint density at radius 2 is 1.86 bits per heavy atom. The van der Waals surface area contributed by atoms with Crippen LogP contribution in [-0.4, -0.2) is 59.9 Å². The molecule has 196 valence electrons. The molecule has 10 heteroatoms. The number of benzene rings is 1. The average molecular weight is 508 g/mol. The fourth-order valence-corrected chi connectivity index (χ4v) is 6.10. The van der Waals surface area contributed by atoms with Crippen molar-refractivity contribution >= 4 is 17.7 Å². The number of piperidine rings is 1. The van der Waals surface area contributed by atoms with Crippen LogP contribution in [0.1, 0.15) is 72.9 Å². The Morgan fingerprint density at radius 3 is 2.58 bits per heavy atom. The van der Waals surface area contributed by atoms with Crippen LogP contribution < -0.4 is 10.6 Å². The van der Waals surface area contributed by atoms with E-state index in [-0.39, 0.29) is 54.6 Å². The molecule has 1 aliphatic carbocycles. The second-order valence-electron chi connectivity index (χ2n) is 10.4. The van der Waals surface area contributed by atoms with E-state index >= 15 is 4.39 Å². The van der Waals surface area contributed by atoms with Gasteiger partial charge in [-0.3, -0.25) is 19.7 Å². The Morgan fingerprint density at radius 1 is 1.08 bits per heavy atom. The first-order valence-electron chi connectivity index (χ1n) is 12.9. The van der Waals surface area contributed by atoms with Crippen molar-refractivity contribution in [1.82, 2.24) is 15.5 Å². The maximum atomic E-state index is 15.6. The lowest BCUT2D eigenvalue weighted by Gasteiger charge is -2.37. The molecule has 2 N–H and O–H groups in total. The van der Waals surface area contributed by atoms with Crippen molar-refractivity contribution in [2.75, 3.05) is 6.61 Å². The van der Waals surface area contributed by atoms with Gasteiger partial charge in [-0.25, -0.2) is 13.2 Å². The number of halogens is 3. The second-order valence-corrected chi connectivity index (χ2v) is 10.4. The highest BCUT2D eigenvalue weighted by Gasteiger charge is 2.41. The molecule has 36 heavy (non-hydrogen) atoms. The van der Waals surface area contributed by atoms with E-state index in [9.17, 15) is 23.2 Å². The third kappa shape index (κ3) is 5.02. The van der Waals surface area contributed by atoms with E-state index in [0.29, 0.717) is 44.3 Å². The number of hydrogen-bond donors (Lipinski definition) is 2. The van der Waals surface area contributed by atoms with Gasteiger partial charge in [0.2, 0.25) is 18.2 Å². The van der Waals surface area contributed by atoms with Crippen LogP contribution in [0.15, 0.2) is 12.1 Å². The van der Waals surface area contributed by atoms with Crippen LogP contribution >= 0.6 is 0 Å². The highest BCUT2D eigenvalue weighted by atomic mass is 19.3. The lowest BCUT2D eigenvalue weighted by molar-refractivity contribution is -0.136. The summed E-state index contributed by atoms with van der Waals surface area (Å²) in [4.78, 5) is 38.0. The number of nitrogens with one attached hydrogen (secondary N) is 2. The molecule has 0 radical (unpaired) electrons. The highest BCUT2D eigenvalue weighted by Crippen LogP contribution is 2.33. The number of alkyl halides is 2. The fourth-order valence-electron chi connectivity index (χ4n) is 6.10. The molecule has 3 aliphatic heterocycles. The standard InChI is InChI=1S/C26H32F3N3O4/c27-23-15(5-8-17-18(23)13-32(26(17)35)20-9-10-22(33)31-25(20)34)12-21-19(2-1-11-36-21)30-16-6-3-14(4-7-16)24(28)29/h5,8,14,16,19-21,24,30H,1-4,6-7,9-13H2,(H,31,33,34)/t14?,16?,19-,20+,21+/m0/s1. The summed E-state index contributed by atoms with van der Waals surface area (Å²) in [6, 6.07) is 2.59. The normalized spacial score (nSPS) is 31.1. The predicted molar refractivity (Wildman–Crippen MR) is 124 cm³/mol. The van der Waals surface area contributed by atoms with Gasteiger partial charge in [-0.2, -0.15) is 0 Å². The second kappa shape index (κ2) is 10.5. The minimum atomic E-state index is -2.27. The van der Waals surface area contributed by atoms with Crippen LogP contribution in [0.2, 0.25) is 0 Å². The summed E-state index contributed by atoms with van der Waals surface area (Å²) >= 11 is 0. The molecule has 3 atom stereocenters. The van der Waals surface area contributed by atoms with Crippen molar-refractivity contribution in [3.05, 3.63) is 34.6 Å². The molecule has 0 spiro atoms. The van der Waals surface area contributed by atoms with Crippen molar-refractivity contribution in [2.45, 2.75) is 95.0 Å². The van der Waals surface area contributed by atoms with Crippen LogP contribution in [0.3, 0.4) is 0 Å². The lowest BCUT2D eigenvalue weighted by atomic mass is 9.85. The van der Waals surface area contributed by atoms with Gasteiger partial charge in [0.05, 0.1) is 12.6 Å². The number of fused-ring (bicyclic) bond motifs is 1. The molecular formula is C26H32F3N3O4. The number of nitrogens with zero attached hydrogens (tertiary/aromatic N) is 1. The summed E-state index contributed by atoms with van der Waals surface area (Å²) in [6.07, 6.45) is 2.32. The van der Waals surface area contributed by atoms with Crippen LogP contribution in [0.5, 0.6) is 0 Å². The van der Waals surface area contributed by atoms with Crippen molar-refractivity contribution in [3.8, 4) is 0 Å². The minimum Gasteiger partial charge on any atom is -0.376 e. The molecule has 4 aliphatic rings. The largest absolute Gasteiger partial charge is 0.376 e. The van der Waals surface area contributed by atoms with Gasteiger partial charge in [-0.15, -0.1) is 0 Å². The van der Waals surface area contributed by atoms with E-state index in [4.69, 9.17) is 4.74 Å². The summed E-state index contributed by atoms with van der Waals surface area (Å²) in [5.74, 6) is -2.28. The van der Waals surface area contributed by atoms with Crippen molar-refractivity contribution in [3.63, 3.8) is 0 Å². The van der Waals surface area contributed by atoms with E-state index in [0.717, 1.165) is 12.8 Å². The van der Waals surface area contributed by atoms with Gasteiger partial charge in [-0.1, -0.05) is 6.07 Å². The maximum absolute atomic E-state index is 15.6. The molecule has 1 aromatic rings. The Labute approximate surface area is 208 Å². The van der Waals surface area contributed by atoms with Crippen LogP contribution in [0.25, 0.3) is 0 Å². The van der Waals surface area contributed by atoms with Crippen LogP contribution in [0, 0.1) is 11.7 Å². The Kier molecular flexibility index (Phi) is 7.35. The summed E-state index contributed by atoms with van der Waals surface area (Å²) < 4.78 is 47.6. The lowest BCUT2D eigenvalue weighted by Crippen LogP contribution is -2.52. The van der Waals surface area contributed by atoms with E-state index < -0.39 is 36.0 Å². The zero-order valence-corrected chi connectivity index (χ0v) is 20.1. The van der Waals surface area contributed by atoms with E-state index in [1.807, 2.05) is 0 Å². The Bertz CT molecular complexity index is 1030. The number of amides is 3. The maximum Gasteiger partial charge on any atom is 0.255 e. The topological polar surface area (TPSA) is 87.7 Å². The van der Waals surface area contributed by atoms with Crippen LogP contribution in [-0.2, 0) is 27.3 Å². The number of hydrogen-bond acceptors (Lipinski definition) is 5. The number of carbonyl (C=O) groups is 3. The van der Waals surface area contributed by atoms with Crippen molar-refractivity contribution < 1.29 is 32.3 Å². The quantitative estimate of drug-likeness (QED) is 0.578. The van der Waals surface area contributed by atoms with Gasteiger partial charge >= 0.3 is 0 Å². The third-order valence-corrected chi connectivity index (χ3v) is 8.17. The number of rotatable bonds is 6. The predicted octanol–water partition coefficient (Wildman–Crippen LogP) is 3.09. The summed E-state index contributed by atoms with van der Waals surface area (Å²) in [7, 11) is 0. The molecular weight excluding hydrogens is 475 g/mol. The fraction of sp³-hybridized carbons (Fsp3) is 0.654. The van der Waals surface area contributed by atoms with Crippen LogP contribution in [0.4, 0.5) is 13.2 Å². The summed E-state index contributed by atoms with van der Waals surface area (Å²) in [5.41, 5.74) is 0.968. The van der Waals surface area contributed by atoms with Crippen molar-refractivity contribution in [1.29, 1.82) is 0 Å².